The molecule has 0 fully saturated rings. The van der Waals surface area contributed by atoms with Crippen LogP contribution in [-0.2, 0) is 0 Å². The first-order chi connectivity index (χ1) is 7.31. The molecule has 1 nitrogen and oxygen atoms in total. The van der Waals surface area contributed by atoms with E-state index in [4.69, 9.17) is 0 Å². The highest BCUT2D eigenvalue weighted by atomic mass is 19.4. The second-order valence-corrected chi connectivity index (χ2v) is 3.81. The first kappa shape index (κ1) is 12.7. The Bertz CT molecular complexity index is 373. The van der Waals surface area contributed by atoms with E-state index < -0.39 is 24.8 Å². The van der Waals surface area contributed by atoms with E-state index in [0.717, 1.165) is 11.1 Å². The third-order valence-electron chi connectivity index (χ3n) is 2.40. The van der Waals surface area contributed by atoms with Gasteiger partial charge in [0.15, 0.2) is 5.78 Å². The topological polar surface area (TPSA) is 17.1 Å². The van der Waals surface area contributed by atoms with E-state index in [2.05, 4.69) is 0 Å². The molecule has 1 rings (SSSR count). The highest BCUT2D eigenvalue weighted by Gasteiger charge is 2.28. The standard InChI is InChI=1S/C12H13F3O/c1-8-4-3-5-9(2)11(8)10(16)6-7-12(13,14)15/h3-5H,6-7H2,1-2H3. The fourth-order valence-electron chi connectivity index (χ4n) is 1.63. The molecule has 1 aromatic carbocycles. The number of aryl methyl sites for hydroxylation is 2. The molecule has 0 aliphatic rings. The molecule has 0 atom stereocenters. The van der Waals surface area contributed by atoms with Crippen LogP contribution in [0.2, 0.25) is 0 Å². The maximum absolute atomic E-state index is 12.0. The Balaban J connectivity index is 2.81. The minimum Gasteiger partial charge on any atom is -0.294 e. The van der Waals surface area contributed by atoms with Gasteiger partial charge in [-0.3, -0.25) is 4.79 Å². The van der Waals surface area contributed by atoms with E-state index in [1.54, 1.807) is 32.0 Å². The van der Waals surface area contributed by atoms with Gasteiger partial charge in [0.25, 0.3) is 0 Å². The average molecular weight is 230 g/mol. The van der Waals surface area contributed by atoms with E-state index in [9.17, 15) is 18.0 Å². The number of carbonyl (C=O) groups is 1. The van der Waals surface area contributed by atoms with Gasteiger partial charge in [0.05, 0.1) is 6.42 Å². The van der Waals surface area contributed by atoms with E-state index in [1.165, 1.54) is 0 Å². The zero-order chi connectivity index (χ0) is 12.3. The molecule has 0 aliphatic heterocycles. The lowest BCUT2D eigenvalue weighted by molar-refractivity contribution is -0.133. The van der Waals surface area contributed by atoms with Crippen LogP contribution in [0.5, 0.6) is 0 Å². The zero-order valence-corrected chi connectivity index (χ0v) is 9.19. The summed E-state index contributed by atoms with van der Waals surface area (Å²) in [5, 5.41) is 0. The third kappa shape index (κ3) is 3.36. The second kappa shape index (κ2) is 4.68. The number of Topliss-reactive ketones (excluding diaryl/α,β-unsaturated/α-hetero) is 1. The van der Waals surface area contributed by atoms with Gasteiger partial charge in [-0.05, 0) is 25.0 Å². The van der Waals surface area contributed by atoms with Crippen molar-refractivity contribution >= 4 is 5.78 Å². The molecule has 1 aromatic rings. The van der Waals surface area contributed by atoms with Gasteiger partial charge < -0.3 is 0 Å². The van der Waals surface area contributed by atoms with Crippen LogP contribution in [0.1, 0.15) is 34.3 Å². The maximum Gasteiger partial charge on any atom is 0.389 e. The molecule has 4 heteroatoms. The molecule has 0 N–H and O–H groups in total. The summed E-state index contributed by atoms with van der Waals surface area (Å²) in [7, 11) is 0. The summed E-state index contributed by atoms with van der Waals surface area (Å²) < 4.78 is 35.9. The summed E-state index contributed by atoms with van der Waals surface area (Å²) in [6, 6.07) is 5.24. The number of hydrogen-bond acceptors (Lipinski definition) is 1. The molecule has 16 heavy (non-hydrogen) atoms. The fourth-order valence-corrected chi connectivity index (χ4v) is 1.63. The first-order valence-corrected chi connectivity index (χ1v) is 4.97. The van der Waals surface area contributed by atoms with Gasteiger partial charge in [-0.25, -0.2) is 0 Å². The number of halogens is 3. The van der Waals surface area contributed by atoms with Crippen molar-refractivity contribution < 1.29 is 18.0 Å². The van der Waals surface area contributed by atoms with Crippen LogP contribution in [0.15, 0.2) is 18.2 Å². The number of carbonyl (C=O) groups excluding carboxylic acids is 1. The Morgan fingerprint density at radius 2 is 1.69 bits per heavy atom. The van der Waals surface area contributed by atoms with Crippen LogP contribution in [0.3, 0.4) is 0 Å². The Labute approximate surface area is 92.3 Å². The summed E-state index contributed by atoms with van der Waals surface area (Å²) in [4.78, 5) is 11.6. The largest absolute Gasteiger partial charge is 0.389 e. The number of hydrogen-bond donors (Lipinski definition) is 0. The van der Waals surface area contributed by atoms with Crippen LogP contribution in [0.25, 0.3) is 0 Å². The van der Waals surface area contributed by atoms with Crippen molar-refractivity contribution in [2.24, 2.45) is 0 Å². The van der Waals surface area contributed by atoms with Crippen molar-refractivity contribution in [2.45, 2.75) is 32.9 Å². The predicted octanol–water partition coefficient (Wildman–Crippen LogP) is 3.83. The Hall–Kier alpha value is -1.32. The molecule has 0 heterocycles. The Morgan fingerprint density at radius 3 is 2.12 bits per heavy atom. The van der Waals surface area contributed by atoms with Gasteiger partial charge in [0.1, 0.15) is 0 Å². The van der Waals surface area contributed by atoms with Crippen molar-refractivity contribution in [3.63, 3.8) is 0 Å². The Morgan fingerprint density at radius 1 is 1.19 bits per heavy atom. The number of benzene rings is 1. The molecule has 0 radical (unpaired) electrons. The lowest BCUT2D eigenvalue weighted by Crippen LogP contribution is -2.12. The normalized spacial score (nSPS) is 11.6. The monoisotopic (exact) mass is 230 g/mol. The first-order valence-electron chi connectivity index (χ1n) is 4.97. The summed E-state index contributed by atoms with van der Waals surface area (Å²) in [6.45, 7) is 3.46. The maximum atomic E-state index is 12.0. The van der Waals surface area contributed by atoms with Gasteiger partial charge in [0.2, 0.25) is 0 Å². The summed E-state index contributed by atoms with van der Waals surface area (Å²) >= 11 is 0. The third-order valence-corrected chi connectivity index (χ3v) is 2.40. The lowest BCUT2D eigenvalue weighted by Gasteiger charge is -2.09. The van der Waals surface area contributed by atoms with E-state index in [1.807, 2.05) is 0 Å². The van der Waals surface area contributed by atoms with Crippen molar-refractivity contribution in [3.8, 4) is 0 Å². The minimum absolute atomic E-state index is 0.423. The molecule has 88 valence electrons. The highest BCUT2D eigenvalue weighted by molar-refractivity contribution is 5.98. The van der Waals surface area contributed by atoms with Crippen LogP contribution < -0.4 is 0 Å². The van der Waals surface area contributed by atoms with Crippen LogP contribution in [-0.4, -0.2) is 12.0 Å². The van der Waals surface area contributed by atoms with Crippen LogP contribution in [0, 0.1) is 13.8 Å². The van der Waals surface area contributed by atoms with Gasteiger partial charge in [-0.2, -0.15) is 13.2 Å². The zero-order valence-electron chi connectivity index (χ0n) is 9.19. The molecule has 0 unspecified atom stereocenters. The van der Waals surface area contributed by atoms with Crippen molar-refractivity contribution in [1.29, 1.82) is 0 Å². The van der Waals surface area contributed by atoms with Crippen molar-refractivity contribution in [1.82, 2.24) is 0 Å². The van der Waals surface area contributed by atoms with Crippen molar-refractivity contribution in [2.75, 3.05) is 0 Å². The predicted molar refractivity (Wildman–Crippen MR) is 55.5 cm³/mol. The molecule has 0 aromatic heterocycles. The number of ketones is 1. The molecular formula is C12H13F3O. The SMILES string of the molecule is Cc1cccc(C)c1C(=O)CCC(F)(F)F. The smallest absolute Gasteiger partial charge is 0.294 e. The molecular weight excluding hydrogens is 217 g/mol. The quantitative estimate of drug-likeness (QED) is 0.721. The molecule has 0 spiro atoms. The molecule has 0 amide bonds. The Kier molecular flexibility index (Phi) is 3.73. The molecule has 0 aliphatic carbocycles. The van der Waals surface area contributed by atoms with Gasteiger partial charge >= 0.3 is 6.18 Å². The molecule has 0 saturated heterocycles. The summed E-state index contributed by atoms with van der Waals surface area (Å²) in [5.74, 6) is -0.437. The average Bonchev–Trinajstić information content (AvgIpc) is 2.13. The lowest BCUT2D eigenvalue weighted by atomic mass is 9.97. The molecule has 0 bridgehead atoms. The van der Waals surface area contributed by atoms with Gasteiger partial charge in [-0.1, -0.05) is 18.2 Å². The summed E-state index contributed by atoms with van der Waals surface area (Å²) in [5.41, 5.74) is 1.88. The van der Waals surface area contributed by atoms with Gasteiger partial charge in [0, 0.05) is 12.0 Å². The fraction of sp³-hybridized carbons (Fsp3) is 0.417. The van der Waals surface area contributed by atoms with E-state index in [0.29, 0.717) is 5.56 Å². The van der Waals surface area contributed by atoms with Gasteiger partial charge in [-0.15, -0.1) is 0 Å². The molecule has 0 saturated carbocycles. The highest BCUT2D eigenvalue weighted by Crippen LogP contribution is 2.24. The van der Waals surface area contributed by atoms with E-state index >= 15 is 0 Å². The van der Waals surface area contributed by atoms with Crippen LogP contribution in [0.4, 0.5) is 13.2 Å². The van der Waals surface area contributed by atoms with E-state index in [-0.39, 0.29) is 0 Å². The minimum atomic E-state index is -4.27. The second-order valence-electron chi connectivity index (χ2n) is 3.81. The number of alkyl halides is 3. The number of rotatable bonds is 3. The van der Waals surface area contributed by atoms with Crippen LogP contribution >= 0.6 is 0 Å². The summed E-state index contributed by atoms with van der Waals surface area (Å²) in [6.07, 6.45) is -5.80. The van der Waals surface area contributed by atoms with Crippen molar-refractivity contribution in [3.05, 3.63) is 34.9 Å².